The molecular formula is C10H9BrO3. The molecule has 0 fully saturated rings. The van der Waals surface area contributed by atoms with Gasteiger partial charge in [-0.05, 0) is 33.6 Å². The van der Waals surface area contributed by atoms with Crippen molar-refractivity contribution in [3.8, 4) is 5.75 Å². The summed E-state index contributed by atoms with van der Waals surface area (Å²) in [5.41, 5.74) is 0.862. The van der Waals surface area contributed by atoms with E-state index in [1.165, 1.54) is 13.2 Å². The second-order valence-corrected chi connectivity index (χ2v) is 3.38. The summed E-state index contributed by atoms with van der Waals surface area (Å²) in [4.78, 5) is 10.8. The number of ether oxygens (including phenoxy) is 1. The van der Waals surface area contributed by atoms with E-state index in [4.69, 9.17) is 9.84 Å². The van der Waals surface area contributed by atoms with Crippen LogP contribution >= 0.6 is 15.9 Å². The molecule has 0 spiro atoms. The van der Waals surface area contributed by atoms with E-state index in [1.807, 2.05) is 0 Å². The molecule has 0 aliphatic heterocycles. The molecule has 74 valence electrons. The maximum Gasteiger partial charge on any atom is 0.336 e. The van der Waals surface area contributed by atoms with Crippen LogP contribution in [0, 0.1) is 0 Å². The van der Waals surface area contributed by atoms with Crippen molar-refractivity contribution >= 4 is 28.0 Å². The lowest BCUT2D eigenvalue weighted by Crippen LogP contribution is -2.00. The molecule has 4 heteroatoms. The predicted molar refractivity (Wildman–Crippen MR) is 57.7 cm³/mol. The average molecular weight is 257 g/mol. The van der Waals surface area contributed by atoms with Crippen LogP contribution in [-0.4, -0.2) is 18.2 Å². The highest BCUT2D eigenvalue weighted by Gasteiger charge is 2.12. The van der Waals surface area contributed by atoms with Crippen molar-refractivity contribution in [3.05, 3.63) is 34.3 Å². The number of rotatable bonds is 3. The van der Waals surface area contributed by atoms with Crippen molar-refractivity contribution in [2.24, 2.45) is 0 Å². The SMILES string of the molecule is C=Cc1cc(OC)cc(C(=O)O)c1Br. The molecule has 1 aromatic carbocycles. The zero-order chi connectivity index (χ0) is 10.7. The van der Waals surface area contributed by atoms with Crippen LogP contribution in [0.2, 0.25) is 0 Å². The fourth-order valence-electron chi connectivity index (χ4n) is 1.04. The number of carbonyl (C=O) groups is 1. The molecule has 0 heterocycles. The highest BCUT2D eigenvalue weighted by atomic mass is 79.9. The lowest BCUT2D eigenvalue weighted by Gasteiger charge is -2.07. The van der Waals surface area contributed by atoms with E-state index in [-0.39, 0.29) is 5.56 Å². The summed E-state index contributed by atoms with van der Waals surface area (Å²) in [6, 6.07) is 3.17. The van der Waals surface area contributed by atoms with Crippen molar-refractivity contribution < 1.29 is 14.6 Å². The molecule has 0 saturated carbocycles. The molecular weight excluding hydrogens is 248 g/mol. The number of halogens is 1. The van der Waals surface area contributed by atoms with Crippen LogP contribution in [0.15, 0.2) is 23.2 Å². The molecule has 1 aromatic rings. The maximum absolute atomic E-state index is 10.8. The van der Waals surface area contributed by atoms with Crippen LogP contribution in [-0.2, 0) is 0 Å². The summed E-state index contributed by atoms with van der Waals surface area (Å²) in [5, 5.41) is 8.89. The van der Waals surface area contributed by atoms with E-state index >= 15 is 0 Å². The summed E-state index contributed by atoms with van der Waals surface area (Å²) in [7, 11) is 1.49. The quantitative estimate of drug-likeness (QED) is 0.905. The van der Waals surface area contributed by atoms with Gasteiger partial charge in [0.2, 0.25) is 0 Å². The summed E-state index contributed by atoms with van der Waals surface area (Å²) < 4.78 is 5.49. The minimum absolute atomic E-state index is 0.166. The Bertz CT molecular complexity index is 385. The molecule has 0 aromatic heterocycles. The monoisotopic (exact) mass is 256 g/mol. The summed E-state index contributed by atoms with van der Waals surface area (Å²) >= 11 is 3.20. The van der Waals surface area contributed by atoms with Gasteiger partial charge >= 0.3 is 5.97 Å². The molecule has 0 radical (unpaired) electrons. The Hall–Kier alpha value is -1.29. The number of carboxylic acid groups (broad SMARTS) is 1. The summed E-state index contributed by atoms with van der Waals surface area (Å²) in [6.45, 7) is 3.59. The molecule has 0 bridgehead atoms. The first kappa shape index (κ1) is 10.8. The third-order valence-corrected chi connectivity index (χ3v) is 2.65. The number of carboxylic acids is 1. The van der Waals surface area contributed by atoms with Gasteiger partial charge in [0.15, 0.2) is 0 Å². The minimum atomic E-state index is -1.00. The predicted octanol–water partition coefficient (Wildman–Crippen LogP) is 2.80. The Kier molecular flexibility index (Phi) is 3.30. The van der Waals surface area contributed by atoms with Gasteiger partial charge in [-0.15, -0.1) is 0 Å². The van der Waals surface area contributed by atoms with Gasteiger partial charge in [-0.25, -0.2) is 4.79 Å². The van der Waals surface area contributed by atoms with E-state index in [2.05, 4.69) is 22.5 Å². The molecule has 0 unspecified atom stereocenters. The van der Waals surface area contributed by atoms with Crippen molar-refractivity contribution in [3.63, 3.8) is 0 Å². The summed E-state index contributed by atoms with van der Waals surface area (Å²) in [5.74, 6) is -0.501. The van der Waals surface area contributed by atoms with Gasteiger partial charge in [-0.3, -0.25) is 0 Å². The van der Waals surface area contributed by atoms with Gasteiger partial charge in [-0.2, -0.15) is 0 Å². The summed E-state index contributed by atoms with van der Waals surface area (Å²) in [6.07, 6.45) is 1.57. The third-order valence-electron chi connectivity index (χ3n) is 1.76. The number of hydrogen-bond acceptors (Lipinski definition) is 2. The van der Waals surface area contributed by atoms with Crippen molar-refractivity contribution in [1.82, 2.24) is 0 Å². The van der Waals surface area contributed by atoms with Gasteiger partial charge in [-0.1, -0.05) is 12.7 Å². The molecule has 14 heavy (non-hydrogen) atoms. The highest BCUT2D eigenvalue weighted by Crippen LogP contribution is 2.28. The molecule has 0 aliphatic rings. The van der Waals surface area contributed by atoms with Crippen molar-refractivity contribution in [2.45, 2.75) is 0 Å². The van der Waals surface area contributed by atoms with Gasteiger partial charge in [0.25, 0.3) is 0 Å². The van der Waals surface area contributed by atoms with Gasteiger partial charge in [0, 0.05) is 4.47 Å². The Morgan fingerprint density at radius 1 is 1.64 bits per heavy atom. The number of methoxy groups -OCH3 is 1. The van der Waals surface area contributed by atoms with E-state index < -0.39 is 5.97 Å². The lowest BCUT2D eigenvalue weighted by atomic mass is 10.1. The number of benzene rings is 1. The topological polar surface area (TPSA) is 46.5 Å². The Morgan fingerprint density at radius 2 is 2.29 bits per heavy atom. The second kappa shape index (κ2) is 4.28. The standard InChI is InChI=1S/C10H9BrO3/c1-3-6-4-7(14-2)5-8(9(6)11)10(12)13/h3-5H,1H2,2H3,(H,12,13). The molecule has 3 nitrogen and oxygen atoms in total. The number of aromatic carboxylic acids is 1. The van der Waals surface area contributed by atoms with Gasteiger partial charge < -0.3 is 9.84 Å². The van der Waals surface area contributed by atoms with E-state index in [9.17, 15) is 4.79 Å². The molecule has 0 saturated heterocycles. The van der Waals surface area contributed by atoms with Gasteiger partial charge in [0.1, 0.15) is 5.75 Å². The smallest absolute Gasteiger partial charge is 0.336 e. The highest BCUT2D eigenvalue weighted by molar-refractivity contribution is 9.10. The van der Waals surface area contributed by atoms with Crippen LogP contribution in [0.25, 0.3) is 6.08 Å². The first-order valence-electron chi connectivity index (χ1n) is 3.83. The average Bonchev–Trinajstić information content (AvgIpc) is 2.17. The molecule has 0 amide bonds. The van der Waals surface area contributed by atoms with E-state index in [0.717, 1.165) is 0 Å². The normalized spacial score (nSPS) is 9.57. The van der Waals surface area contributed by atoms with Crippen molar-refractivity contribution in [1.29, 1.82) is 0 Å². The second-order valence-electron chi connectivity index (χ2n) is 2.59. The maximum atomic E-state index is 10.8. The molecule has 0 atom stereocenters. The third kappa shape index (κ3) is 1.96. The first-order chi connectivity index (χ1) is 6.60. The molecule has 1 N–H and O–H groups in total. The van der Waals surface area contributed by atoms with Gasteiger partial charge in [0.05, 0.1) is 12.7 Å². The van der Waals surface area contributed by atoms with Crippen LogP contribution < -0.4 is 4.74 Å². The zero-order valence-corrected chi connectivity index (χ0v) is 9.17. The Labute approximate surface area is 90.1 Å². The minimum Gasteiger partial charge on any atom is -0.497 e. The van der Waals surface area contributed by atoms with Crippen LogP contribution in [0.5, 0.6) is 5.75 Å². The molecule has 0 aliphatic carbocycles. The Balaban J connectivity index is 3.41. The fraction of sp³-hybridized carbons (Fsp3) is 0.100. The van der Waals surface area contributed by atoms with Crippen LogP contribution in [0.4, 0.5) is 0 Å². The lowest BCUT2D eigenvalue weighted by molar-refractivity contribution is 0.0695. The first-order valence-corrected chi connectivity index (χ1v) is 4.62. The fourth-order valence-corrected chi connectivity index (χ4v) is 1.60. The van der Waals surface area contributed by atoms with E-state index in [1.54, 1.807) is 12.1 Å². The van der Waals surface area contributed by atoms with Crippen LogP contribution in [0.3, 0.4) is 0 Å². The molecule has 1 rings (SSSR count). The van der Waals surface area contributed by atoms with Crippen LogP contribution in [0.1, 0.15) is 15.9 Å². The van der Waals surface area contributed by atoms with E-state index in [0.29, 0.717) is 15.8 Å². The Morgan fingerprint density at radius 3 is 2.71 bits per heavy atom. The van der Waals surface area contributed by atoms with Crippen molar-refractivity contribution in [2.75, 3.05) is 7.11 Å². The largest absolute Gasteiger partial charge is 0.497 e. The zero-order valence-electron chi connectivity index (χ0n) is 7.58. The number of hydrogen-bond donors (Lipinski definition) is 1.